The highest BCUT2D eigenvalue weighted by Crippen LogP contribution is 2.38. The van der Waals surface area contributed by atoms with E-state index in [4.69, 9.17) is 12.2 Å². The first-order chi connectivity index (χ1) is 12.3. The normalized spacial score (nSPS) is 24.9. The van der Waals surface area contributed by atoms with Gasteiger partial charge in [-0.3, -0.25) is 0 Å². The molecular formula is C22H24N2S. The number of thiocarbonyl (C=S) groups is 1. The quantitative estimate of drug-likeness (QED) is 0.619. The van der Waals surface area contributed by atoms with E-state index in [0.29, 0.717) is 12.0 Å². The Hall–Kier alpha value is -2.13. The van der Waals surface area contributed by atoms with E-state index >= 15 is 0 Å². The molecule has 0 aliphatic heterocycles. The van der Waals surface area contributed by atoms with Crippen LogP contribution in [-0.4, -0.2) is 11.2 Å². The second-order valence-electron chi connectivity index (χ2n) is 7.16. The van der Waals surface area contributed by atoms with Gasteiger partial charge in [0, 0.05) is 6.04 Å². The molecule has 0 radical (unpaired) electrons. The highest BCUT2D eigenvalue weighted by Gasteiger charge is 2.36. The number of hydrogen-bond acceptors (Lipinski definition) is 1. The van der Waals surface area contributed by atoms with Crippen molar-refractivity contribution in [3.05, 3.63) is 83.9 Å². The summed E-state index contributed by atoms with van der Waals surface area (Å²) in [5, 5.41) is 7.90. The highest BCUT2D eigenvalue weighted by molar-refractivity contribution is 7.80. The second-order valence-corrected chi connectivity index (χ2v) is 7.57. The van der Waals surface area contributed by atoms with Crippen molar-refractivity contribution in [2.24, 2.45) is 11.8 Å². The van der Waals surface area contributed by atoms with E-state index in [1.54, 1.807) is 0 Å². The van der Waals surface area contributed by atoms with Crippen molar-refractivity contribution >= 4 is 17.3 Å². The molecule has 2 aromatic carbocycles. The van der Waals surface area contributed by atoms with Gasteiger partial charge in [0.1, 0.15) is 0 Å². The highest BCUT2D eigenvalue weighted by atomic mass is 32.1. The molecule has 3 heteroatoms. The maximum absolute atomic E-state index is 5.65. The molecule has 0 saturated heterocycles. The number of fused-ring (bicyclic) bond motifs is 2. The molecular weight excluding hydrogens is 324 g/mol. The summed E-state index contributed by atoms with van der Waals surface area (Å²) in [5.74, 6) is 1.40. The van der Waals surface area contributed by atoms with Crippen molar-refractivity contribution in [1.82, 2.24) is 10.6 Å². The molecule has 2 N–H and O–H groups in total. The number of nitrogens with one attached hydrogen (secondary N) is 2. The van der Waals surface area contributed by atoms with Crippen LogP contribution in [0.5, 0.6) is 0 Å². The van der Waals surface area contributed by atoms with E-state index in [1.165, 1.54) is 24.0 Å². The van der Waals surface area contributed by atoms with Gasteiger partial charge in [0.2, 0.25) is 0 Å². The van der Waals surface area contributed by atoms with Gasteiger partial charge in [0.05, 0.1) is 6.04 Å². The summed E-state index contributed by atoms with van der Waals surface area (Å²) < 4.78 is 0. The van der Waals surface area contributed by atoms with Crippen LogP contribution in [0, 0.1) is 11.8 Å². The molecule has 0 aromatic heterocycles. The van der Waals surface area contributed by atoms with E-state index in [2.05, 4.69) is 83.4 Å². The van der Waals surface area contributed by atoms with Crippen LogP contribution in [0.15, 0.2) is 72.8 Å². The Labute approximate surface area is 155 Å². The van der Waals surface area contributed by atoms with Crippen molar-refractivity contribution in [3.63, 3.8) is 0 Å². The van der Waals surface area contributed by atoms with E-state index in [9.17, 15) is 0 Å². The van der Waals surface area contributed by atoms with Crippen molar-refractivity contribution in [1.29, 1.82) is 0 Å². The molecule has 2 aromatic rings. The third-order valence-electron chi connectivity index (χ3n) is 5.39. The molecule has 0 heterocycles. The fraction of sp³-hybridized carbons (Fsp3) is 0.318. The SMILES string of the molecule is S=C(N[C@H](Cc1ccccc1)c1ccccc1)N[C@@H]1C[C@@H]2C=C[C@@H]1C2. The Bertz CT molecular complexity index is 741. The summed E-state index contributed by atoms with van der Waals surface area (Å²) in [6, 6.07) is 21.8. The van der Waals surface area contributed by atoms with Crippen LogP contribution in [0.1, 0.15) is 30.0 Å². The number of rotatable bonds is 5. The van der Waals surface area contributed by atoms with E-state index < -0.39 is 0 Å². The Morgan fingerprint density at radius 2 is 1.68 bits per heavy atom. The van der Waals surface area contributed by atoms with Crippen LogP contribution >= 0.6 is 12.2 Å². The predicted molar refractivity (Wildman–Crippen MR) is 107 cm³/mol. The Morgan fingerprint density at radius 1 is 0.960 bits per heavy atom. The van der Waals surface area contributed by atoms with Crippen LogP contribution in [-0.2, 0) is 6.42 Å². The number of hydrogen-bond donors (Lipinski definition) is 2. The molecule has 128 valence electrons. The first kappa shape index (κ1) is 16.3. The third-order valence-corrected chi connectivity index (χ3v) is 5.62. The standard InChI is InChI=1S/C22H24N2S/c25-22(24-21-15-17-11-12-19(21)13-17)23-20(18-9-5-2-6-10-18)14-16-7-3-1-4-8-16/h1-12,17,19-21H,13-15H2,(H2,23,24,25)/t17-,19-,20-,21-/m1/s1. The van der Waals surface area contributed by atoms with Gasteiger partial charge >= 0.3 is 0 Å². The zero-order valence-corrected chi connectivity index (χ0v) is 15.1. The summed E-state index contributed by atoms with van der Waals surface area (Å²) in [5.41, 5.74) is 2.58. The molecule has 1 fully saturated rings. The smallest absolute Gasteiger partial charge is 0.167 e. The minimum atomic E-state index is 0.178. The minimum absolute atomic E-state index is 0.178. The topological polar surface area (TPSA) is 24.1 Å². The van der Waals surface area contributed by atoms with E-state index in [-0.39, 0.29) is 6.04 Å². The fourth-order valence-corrected chi connectivity index (χ4v) is 4.40. The summed E-state index contributed by atoms with van der Waals surface area (Å²) in [7, 11) is 0. The lowest BCUT2D eigenvalue weighted by Gasteiger charge is -2.26. The van der Waals surface area contributed by atoms with Gasteiger partial charge in [-0.25, -0.2) is 0 Å². The Morgan fingerprint density at radius 3 is 2.32 bits per heavy atom. The zero-order valence-electron chi connectivity index (χ0n) is 14.3. The number of allylic oxidation sites excluding steroid dienone is 1. The van der Waals surface area contributed by atoms with E-state index in [1.807, 2.05) is 0 Å². The fourth-order valence-electron chi connectivity index (χ4n) is 4.10. The average molecular weight is 349 g/mol. The van der Waals surface area contributed by atoms with Crippen molar-refractivity contribution < 1.29 is 0 Å². The van der Waals surface area contributed by atoms with Gasteiger partial charge in [-0.15, -0.1) is 0 Å². The summed E-state index contributed by atoms with van der Waals surface area (Å²) in [4.78, 5) is 0. The molecule has 2 aliphatic carbocycles. The summed E-state index contributed by atoms with van der Waals surface area (Å²) in [6.07, 6.45) is 8.13. The average Bonchev–Trinajstić information content (AvgIpc) is 3.26. The molecule has 0 unspecified atom stereocenters. The molecule has 4 rings (SSSR count). The number of benzene rings is 2. The first-order valence-electron chi connectivity index (χ1n) is 9.12. The maximum Gasteiger partial charge on any atom is 0.167 e. The molecule has 1 saturated carbocycles. The maximum atomic E-state index is 5.65. The molecule has 2 bridgehead atoms. The second kappa shape index (κ2) is 7.40. The van der Waals surface area contributed by atoms with Gasteiger partial charge in [0.15, 0.2) is 5.11 Å². The van der Waals surface area contributed by atoms with Gasteiger partial charge < -0.3 is 10.6 Å². The summed E-state index contributed by atoms with van der Waals surface area (Å²) in [6.45, 7) is 0. The lowest BCUT2D eigenvalue weighted by molar-refractivity contribution is 0.511. The Kier molecular flexibility index (Phi) is 4.84. The van der Waals surface area contributed by atoms with Gasteiger partial charge in [0.25, 0.3) is 0 Å². The van der Waals surface area contributed by atoms with Crippen LogP contribution in [0.4, 0.5) is 0 Å². The molecule has 4 atom stereocenters. The summed E-state index contributed by atoms with van der Waals surface area (Å²) >= 11 is 5.65. The van der Waals surface area contributed by atoms with Crippen molar-refractivity contribution in [2.75, 3.05) is 0 Å². The van der Waals surface area contributed by atoms with Crippen LogP contribution < -0.4 is 10.6 Å². The van der Waals surface area contributed by atoms with Crippen molar-refractivity contribution in [2.45, 2.75) is 31.3 Å². The van der Waals surface area contributed by atoms with Gasteiger partial charge in [-0.05, 0) is 54.4 Å². The molecule has 2 nitrogen and oxygen atoms in total. The molecule has 0 spiro atoms. The van der Waals surface area contributed by atoms with Gasteiger partial charge in [-0.2, -0.15) is 0 Å². The predicted octanol–water partition coefficient (Wildman–Crippen LogP) is 4.40. The first-order valence-corrected chi connectivity index (χ1v) is 9.53. The van der Waals surface area contributed by atoms with Crippen LogP contribution in [0.2, 0.25) is 0 Å². The largest absolute Gasteiger partial charge is 0.359 e. The van der Waals surface area contributed by atoms with Crippen LogP contribution in [0.3, 0.4) is 0 Å². The van der Waals surface area contributed by atoms with E-state index in [0.717, 1.165) is 17.5 Å². The zero-order chi connectivity index (χ0) is 17.1. The Balaban J connectivity index is 1.44. The molecule has 25 heavy (non-hydrogen) atoms. The molecule has 0 amide bonds. The third kappa shape index (κ3) is 3.93. The van der Waals surface area contributed by atoms with Gasteiger partial charge in [-0.1, -0.05) is 72.8 Å². The van der Waals surface area contributed by atoms with Crippen molar-refractivity contribution in [3.8, 4) is 0 Å². The molecule has 2 aliphatic rings. The minimum Gasteiger partial charge on any atom is -0.359 e. The van der Waals surface area contributed by atoms with Crippen LogP contribution in [0.25, 0.3) is 0 Å². The monoisotopic (exact) mass is 348 g/mol. The lowest BCUT2D eigenvalue weighted by Crippen LogP contribution is -2.45. The lowest BCUT2D eigenvalue weighted by atomic mass is 9.99.